The van der Waals surface area contributed by atoms with Crippen molar-refractivity contribution in [2.24, 2.45) is 0 Å². The van der Waals surface area contributed by atoms with Crippen LogP contribution in [-0.4, -0.2) is 9.13 Å². The smallest absolute Gasteiger partial charge is 0.0619 e. The van der Waals surface area contributed by atoms with Crippen LogP contribution in [0.2, 0.25) is 0 Å². The first-order valence-corrected chi connectivity index (χ1v) is 17.4. The quantitative estimate of drug-likeness (QED) is 0.168. The van der Waals surface area contributed by atoms with Gasteiger partial charge < -0.3 is 9.13 Å². The fraction of sp³-hybridized carbons (Fsp3) is 0. The summed E-state index contributed by atoms with van der Waals surface area (Å²) in [6, 6.07) is 62.9. The summed E-state index contributed by atoms with van der Waals surface area (Å²) < 4.78 is 4.91. The molecule has 1 aliphatic rings. The minimum absolute atomic E-state index is 1.18. The summed E-state index contributed by atoms with van der Waals surface area (Å²) in [5.74, 6) is 0. The molecule has 50 heavy (non-hydrogen) atoms. The number of rotatable bonds is 2. The molecule has 11 aromatic rings. The van der Waals surface area contributed by atoms with E-state index in [-0.39, 0.29) is 0 Å². The van der Waals surface area contributed by atoms with Gasteiger partial charge in [-0.1, -0.05) is 127 Å². The normalized spacial score (nSPS) is 12.4. The predicted octanol–water partition coefficient (Wildman–Crippen LogP) is 13.0. The van der Waals surface area contributed by atoms with Gasteiger partial charge in [0.25, 0.3) is 0 Å². The molecule has 2 nitrogen and oxygen atoms in total. The number of fused-ring (bicyclic) bond motifs is 14. The van der Waals surface area contributed by atoms with Gasteiger partial charge in [-0.25, -0.2) is 0 Å². The molecular weight excluding hydrogens is 605 g/mol. The monoisotopic (exact) mass is 632 g/mol. The molecule has 0 bridgehead atoms. The standard InChI is InChI=1S/C48H28N2/c1-2-12-30(13-3-1)49-44-19-7-5-15-41(44)47-38-23-25-39-33(32(38)26-27-45(47)49)22-24-40-35-14-4-6-18-43(35)50(48(39)40)31-20-21-34-36-16-8-10-29-11-9-17-37(46(29)36)42(34)28-31/h1-28H. The van der Waals surface area contributed by atoms with Crippen LogP contribution in [0.25, 0.3) is 110 Å². The Hall–Kier alpha value is -6.64. The van der Waals surface area contributed by atoms with E-state index >= 15 is 0 Å². The number of hydrogen-bond donors (Lipinski definition) is 0. The van der Waals surface area contributed by atoms with Crippen molar-refractivity contribution < 1.29 is 0 Å². The third-order valence-electron chi connectivity index (χ3n) is 11.2. The summed E-state index contributed by atoms with van der Waals surface area (Å²) in [4.78, 5) is 0. The van der Waals surface area contributed by atoms with Crippen molar-refractivity contribution in [3.8, 4) is 33.6 Å². The SMILES string of the molecule is c1ccc(-n2c3ccccc3c3c4ccc5c(ccc6c7ccccc7n(-c7ccc8c(c7)-c7cccc9cccc-8c79)c56)c4ccc32)cc1. The van der Waals surface area contributed by atoms with Crippen LogP contribution in [0, 0.1) is 0 Å². The highest BCUT2D eigenvalue weighted by atomic mass is 15.0. The molecule has 1 aliphatic carbocycles. The van der Waals surface area contributed by atoms with Gasteiger partial charge in [-0.2, -0.15) is 0 Å². The second kappa shape index (κ2) is 9.49. The Balaban J connectivity index is 1.17. The number of aromatic nitrogens is 2. The maximum absolute atomic E-state index is 2.50. The van der Waals surface area contributed by atoms with Crippen molar-refractivity contribution in [1.82, 2.24) is 9.13 Å². The van der Waals surface area contributed by atoms with Crippen LogP contribution in [0.15, 0.2) is 170 Å². The van der Waals surface area contributed by atoms with E-state index in [0.717, 1.165) is 0 Å². The zero-order valence-electron chi connectivity index (χ0n) is 27.1. The molecule has 0 unspecified atom stereocenters. The summed E-state index contributed by atoms with van der Waals surface area (Å²) in [6.07, 6.45) is 0. The number of para-hydroxylation sites is 3. The van der Waals surface area contributed by atoms with Gasteiger partial charge in [-0.05, 0) is 91.6 Å². The number of hydrogen-bond acceptors (Lipinski definition) is 0. The van der Waals surface area contributed by atoms with Gasteiger partial charge in [-0.3, -0.25) is 0 Å². The van der Waals surface area contributed by atoms with Crippen molar-refractivity contribution in [3.05, 3.63) is 170 Å². The molecule has 0 amide bonds. The zero-order chi connectivity index (χ0) is 32.5. The van der Waals surface area contributed by atoms with Gasteiger partial charge in [0.15, 0.2) is 0 Å². The third kappa shape index (κ3) is 3.28. The van der Waals surface area contributed by atoms with E-state index in [1.165, 1.54) is 110 Å². The lowest BCUT2D eigenvalue weighted by molar-refractivity contribution is 1.18. The average molecular weight is 633 g/mol. The van der Waals surface area contributed by atoms with Gasteiger partial charge in [0, 0.05) is 38.3 Å². The van der Waals surface area contributed by atoms with Crippen LogP contribution in [0.4, 0.5) is 0 Å². The second-order valence-electron chi connectivity index (χ2n) is 13.7. The average Bonchev–Trinajstić information content (AvgIpc) is 3.82. The number of nitrogens with zero attached hydrogens (tertiary/aromatic N) is 2. The Morgan fingerprint density at radius 1 is 0.280 bits per heavy atom. The summed E-state index contributed by atoms with van der Waals surface area (Å²) in [6.45, 7) is 0. The summed E-state index contributed by atoms with van der Waals surface area (Å²) in [7, 11) is 0. The summed E-state index contributed by atoms with van der Waals surface area (Å²) in [5, 5.41) is 12.9. The highest BCUT2D eigenvalue weighted by Crippen LogP contribution is 2.49. The zero-order valence-corrected chi connectivity index (χ0v) is 27.1. The van der Waals surface area contributed by atoms with E-state index < -0.39 is 0 Å². The Morgan fingerprint density at radius 3 is 1.72 bits per heavy atom. The molecule has 2 aromatic heterocycles. The van der Waals surface area contributed by atoms with Crippen molar-refractivity contribution in [2.75, 3.05) is 0 Å². The second-order valence-corrected chi connectivity index (χ2v) is 13.7. The minimum atomic E-state index is 1.18. The largest absolute Gasteiger partial charge is 0.309 e. The first-order valence-electron chi connectivity index (χ1n) is 17.4. The highest BCUT2D eigenvalue weighted by molar-refractivity contribution is 6.29. The van der Waals surface area contributed by atoms with Gasteiger partial charge in [0.1, 0.15) is 0 Å². The lowest BCUT2D eigenvalue weighted by atomic mass is 9.96. The Labute approximate surface area is 287 Å². The highest BCUT2D eigenvalue weighted by Gasteiger charge is 2.23. The van der Waals surface area contributed by atoms with Crippen molar-refractivity contribution >= 4 is 75.9 Å². The van der Waals surface area contributed by atoms with Gasteiger partial charge in [-0.15, -0.1) is 0 Å². The summed E-state index contributed by atoms with van der Waals surface area (Å²) >= 11 is 0. The number of benzene rings is 9. The summed E-state index contributed by atoms with van der Waals surface area (Å²) in [5.41, 5.74) is 12.6. The van der Waals surface area contributed by atoms with E-state index in [0.29, 0.717) is 0 Å². The van der Waals surface area contributed by atoms with Crippen LogP contribution in [-0.2, 0) is 0 Å². The topological polar surface area (TPSA) is 9.86 Å². The Morgan fingerprint density at radius 2 is 0.900 bits per heavy atom. The third-order valence-corrected chi connectivity index (χ3v) is 11.2. The van der Waals surface area contributed by atoms with Crippen LogP contribution in [0.3, 0.4) is 0 Å². The molecule has 0 radical (unpaired) electrons. The van der Waals surface area contributed by atoms with Crippen molar-refractivity contribution in [2.45, 2.75) is 0 Å². The molecule has 0 saturated carbocycles. The fourth-order valence-corrected chi connectivity index (χ4v) is 9.19. The fourth-order valence-electron chi connectivity index (χ4n) is 9.19. The van der Waals surface area contributed by atoms with Crippen molar-refractivity contribution in [1.29, 1.82) is 0 Å². The van der Waals surface area contributed by atoms with Crippen LogP contribution in [0.1, 0.15) is 0 Å². The molecule has 0 atom stereocenters. The molecule has 9 aromatic carbocycles. The van der Waals surface area contributed by atoms with E-state index in [2.05, 4.69) is 179 Å². The molecule has 0 saturated heterocycles. The van der Waals surface area contributed by atoms with E-state index in [1.807, 2.05) is 0 Å². The van der Waals surface area contributed by atoms with E-state index in [4.69, 9.17) is 0 Å². The van der Waals surface area contributed by atoms with E-state index in [1.54, 1.807) is 0 Å². The molecule has 2 heteroatoms. The lowest BCUT2D eigenvalue weighted by Gasteiger charge is -2.14. The van der Waals surface area contributed by atoms with Gasteiger partial charge >= 0.3 is 0 Å². The molecule has 12 rings (SSSR count). The maximum atomic E-state index is 2.50. The molecule has 0 fully saturated rings. The van der Waals surface area contributed by atoms with E-state index in [9.17, 15) is 0 Å². The van der Waals surface area contributed by atoms with Crippen LogP contribution < -0.4 is 0 Å². The molecule has 0 N–H and O–H groups in total. The minimum Gasteiger partial charge on any atom is -0.309 e. The Kier molecular flexibility index (Phi) is 5.00. The Bertz CT molecular complexity index is 3240. The van der Waals surface area contributed by atoms with Crippen LogP contribution in [0.5, 0.6) is 0 Å². The van der Waals surface area contributed by atoms with Gasteiger partial charge in [0.05, 0.1) is 22.1 Å². The van der Waals surface area contributed by atoms with Crippen molar-refractivity contribution in [3.63, 3.8) is 0 Å². The van der Waals surface area contributed by atoms with Crippen LogP contribution >= 0.6 is 0 Å². The maximum Gasteiger partial charge on any atom is 0.0619 e. The molecule has 230 valence electrons. The first-order chi connectivity index (χ1) is 24.8. The van der Waals surface area contributed by atoms with Gasteiger partial charge in [0.2, 0.25) is 0 Å². The molecule has 0 spiro atoms. The molecule has 2 heterocycles. The predicted molar refractivity (Wildman–Crippen MR) is 212 cm³/mol. The first kappa shape index (κ1) is 26.3. The lowest BCUT2D eigenvalue weighted by Crippen LogP contribution is -1.95. The molecule has 0 aliphatic heterocycles. The molecular formula is C48H28N2.